The standard InChI is InChI=1S/C87H62N12/c88-81(92-83(59-30-11-3-12-31-59)90-55-57-26-7-1-8-27-57)63-38-23-41-66(48-63)97-75-46-21-19-44-69(75)71-51-79-73(53-77(71)97)74-54-78-72(52-80(74)99(79)68-43-25-40-65(50-68)87-95-85(61-34-15-5-16-35-61)94-86(96-87)62-36-17-6-18-37-62)70-45-20-22-47-76(70)98(78)67-42-24-39-64(49-67)82(89)93-84(60-32-13-4-14-33-60)91-56-58-28-9-2-10-29-58/h1-54H,55-56H2,(H2,88,90,92)(H2,89,91,93). The first kappa shape index (κ1) is 59.3. The Bertz CT molecular complexity index is 5960. The molecule has 0 radical (unpaired) electrons. The van der Waals surface area contributed by atoms with Gasteiger partial charge < -0.3 is 24.8 Å². The maximum Gasteiger partial charge on any atom is 0.164 e. The highest BCUT2D eigenvalue weighted by Gasteiger charge is 2.24. The molecule has 0 atom stereocenters. The molecule has 0 aliphatic rings. The van der Waals surface area contributed by atoms with Gasteiger partial charge in [0.15, 0.2) is 29.1 Å². The van der Waals surface area contributed by atoms with Crippen molar-refractivity contribution in [2.45, 2.75) is 13.1 Å². The van der Waals surface area contributed by atoms with Crippen molar-refractivity contribution >= 4 is 88.8 Å². The van der Waals surface area contributed by atoms with Gasteiger partial charge in [-0.3, -0.25) is 10.4 Å². The summed E-state index contributed by atoms with van der Waals surface area (Å²) in [5.74, 6) is 3.41. The van der Waals surface area contributed by atoms with E-state index in [0.717, 1.165) is 127 Å². The molecule has 0 spiro atoms. The number of nitrogens with two attached hydrogens (primary N) is 1. The van der Waals surface area contributed by atoms with E-state index in [9.17, 15) is 5.41 Å². The van der Waals surface area contributed by atoms with E-state index >= 15 is 0 Å². The van der Waals surface area contributed by atoms with Gasteiger partial charge in [-0.25, -0.2) is 24.9 Å². The fraction of sp³-hybridized carbons (Fsp3) is 0.0230. The largest absolute Gasteiger partial charge is 0.383 e. The third-order valence-corrected chi connectivity index (χ3v) is 18.3. The number of hydrogen-bond acceptors (Lipinski definition) is 5. The van der Waals surface area contributed by atoms with Gasteiger partial charge in [-0.15, -0.1) is 0 Å². The monoisotopic (exact) mass is 1270 g/mol. The van der Waals surface area contributed by atoms with Crippen molar-refractivity contribution in [2.75, 3.05) is 0 Å². The molecule has 17 aromatic rings. The highest BCUT2D eigenvalue weighted by molar-refractivity contribution is 6.23. The van der Waals surface area contributed by atoms with E-state index in [1.807, 2.05) is 176 Å². The summed E-state index contributed by atoms with van der Waals surface area (Å²) >= 11 is 0. The van der Waals surface area contributed by atoms with E-state index in [4.69, 9.17) is 35.7 Å². The van der Waals surface area contributed by atoms with Crippen LogP contribution in [0.15, 0.2) is 343 Å². The first-order valence-corrected chi connectivity index (χ1v) is 33.0. The minimum atomic E-state index is 0.138. The van der Waals surface area contributed by atoms with Crippen LogP contribution >= 0.6 is 0 Å². The molecule has 99 heavy (non-hydrogen) atoms. The molecular weight excluding hydrogens is 1210 g/mol. The average molecular weight is 1280 g/mol. The molecule has 0 amide bonds. The van der Waals surface area contributed by atoms with Crippen LogP contribution in [0, 0.1) is 5.41 Å². The second kappa shape index (κ2) is 25.7. The van der Waals surface area contributed by atoms with Crippen molar-refractivity contribution in [1.82, 2.24) is 34.0 Å². The lowest BCUT2D eigenvalue weighted by Crippen LogP contribution is -2.25. The zero-order valence-corrected chi connectivity index (χ0v) is 53.7. The SMILES string of the molecule is N=C(/N=C(\NCc1ccccc1)c1ccccc1)c1cccc(-n2c3ccccc3c3cc4c(cc32)c2cc3c(cc2n4-c2cccc(-c4nc(-c5ccccc5)nc(-c5ccccc5)n4)c2)c2ccccc2n3-c2cccc(/C(N)=N/C(=N\Cc3ccccc3)c3ccccc3)c2)c1. The zero-order valence-electron chi connectivity index (χ0n) is 53.7. The Kier molecular flexibility index (Phi) is 15.4. The summed E-state index contributed by atoms with van der Waals surface area (Å²) in [7, 11) is 0. The van der Waals surface area contributed by atoms with E-state index < -0.39 is 0 Å². The lowest BCUT2D eigenvalue weighted by atomic mass is 10.1. The summed E-state index contributed by atoms with van der Waals surface area (Å²) in [4.78, 5) is 30.6. The molecular formula is C87H62N12. The van der Waals surface area contributed by atoms with E-state index in [-0.39, 0.29) is 5.84 Å². The van der Waals surface area contributed by atoms with Gasteiger partial charge in [-0.05, 0) is 83.9 Å². The fourth-order valence-electron chi connectivity index (χ4n) is 13.6. The molecule has 470 valence electrons. The molecule has 12 nitrogen and oxygen atoms in total. The van der Waals surface area contributed by atoms with Gasteiger partial charge in [0.25, 0.3) is 0 Å². The molecule has 4 heterocycles. The van der Waals surface area contributed by atoms with E-state index in [0.29, 0.717) is 53.6 Å². The van der Waals surface area contributed by atoms with Gasteiger partial charge >= 0.3 is 0 Å². The quantitative estimate of drug-likeness (QED) is 0.0731. The van der Waals surface area contributed by atoms with Crippen LogP contribution in [0.3, 0.4) is 0 Å². The van der Waals surface area contributed by atoms with E-state index in [1.54, 1.807) is 0 Å². The molecule has 12 heteroatoms. The molecule has 0 fully saturated rings. The number of rotatable bonds is 14. The molecule has 0 saturated carbocycles. The summed E-state index contributed by atoms with van der Waals surface area (Å²) in [5.41, 5.74) is 24.1. The Balaban J connectivity index is 0.864. The maximum atomic E-state index is 9.64. The molecule has 13 aromatic carbocycles. The van der Waals surface area contributed by atoms with Gasteiger partial charge in [0.05, 0.1) is 39.6 Å². The minimum absolute atomic E-state index is 0.138. The maximum absolute atomic E-state index is 9.64. The Morgan fingerprint density at radius 3 is 1.25 bits per heavy atom. The second-order valence-corrected chi connectivity index (χ2v) is 24.5. The van der Waals surface area contributed by atoms with Gasteiger partial charge in [0.1, 0.15) is 11.7 Å². The van der Waals surface area contributed by atoms with Crippen molar-refractivity contribution in [2.24, 2.45) is 20.7 Å². The average Bonchev–Trinajstić information content (AvgIpc) is 1.54. The molecule has 0 unspecified atom stereocenters. The van der Waals surface area contributed by atoms with Crippen LogP contribution in [0.25, 0.3) is 117 Å². The van der Waals surface area contributed by atoms with Crippen LogP contribution in [0.1, 0.15) is 33.4 Å². The summed E-state index contributed by atoms with van der Waals surface area (Å²) in [6, 6.07) is 112. The molecule has 17 rings (SSSR count). The van der Waals surface area contributed by atoms with Crippen molar-refractivity contribution in [3.63, 3.8) is 0 Å². The number of amidine groups is 4. The Hall–Kier alpha value is -13.5. The minimum Gasteiger partial charge on any atom is -0.383 e. The van der Waals surface area contributed by atoms with Crippen LogP contribution in [0.2, 0.25) is 0 Å². The predicted octanol–water partition coefficient (Wildman–Crippen LogP) is 19.1. The van der Waals surface area contributed by atoms with Gasteiger partial charge in [-0.1, -0.05) is 255 Å². The number of aromatic nitrogens is 6. The number of aliphatic imine (C=N–C) groups is 3. The highest BCUT2D eigenvalue weighted by Crippen LogP contribution is 2.44. The number of fused-ring (bicyclic) bond motifs is 9. The molecule has 0 saturated heterocycles. The van der Waals surface area contributed by atoms with Crippen LogP contribution in [0.4, 0.5) is 0 Å². The first-order chi connectivity index (χ1) is 48.9. The summed E-state index contributed by atoms with van der Waals surface area (Å²) < 4.78 is 7.08. The smallest absolute Gasteiger partial charge is 0.164 e. The Morgan fingerprint density at radius 1 is 0.333 bits per heavy atom. The topological polar surface area (TPSA) is 152 Å². The van der Waals surface area contributed by atoms with E-state index in [2.05, 4.69) is 171 Å². The fourth-order valence-corrected chi connectivity index (χ4v) is 13.6. The summed E-state index contributed by atoms with van der Waals surface area (Å²) in [5, 5.41) is 19.6. The zero-order chi connectivity index (χ0) is 66.2. The third kappa shape index (κ3) is 11.4. The number of benzene rings is 13. The van der Waals surface area contributed by atoms with Crippen LogP contribution < -0.4 is 11.1 Å². The van der Waals surface area contributed by atoms with Crippen molar-refractivity contribution in [3.8, 4) is 51.2 Å². The predicted molar refractivity (Wildman–Crippen MR) is 406 cm³/mol. The number of nitrogens with one attached hydrogen (secondary N) is 2. The lowest BCUT2D eigenvalue weighted by molar-refractivity contribution is 0.915. The van der Waals surface area contributed by atoms with Crippen LogP contribution in [-0.2, 0) is 13.1 Å². The first-order valence-electron chi connectivity index (χ1n) is 33.0. The number of hydrogen-bond donors (Lipinski definition) is 3. The Labute approximate surface area is 570 Å². The van der Waals surface area contributed by atoms with Gasteiger partial charge in [0.2, 0.25) is 0 Å². The molecule has 4 aromatic heterocycles. The number of nitrogens with zero attached hydrogens (tertiary/aromatic N) is 9. The Morgan fingerprint density at radius 2 is 0.717 bits per heavy atom. The van der Waals surface area contributed by atoms with Crippen molar-refractivity contribution < 1.29 is 0 Å². The van der Waals surface area contributed by atoms with Crippen molar-refractivity contribution in [1.29, 1.82) is 5.41 Å². The van der Waals surface area contributed by atoms with Crippen molar-refractivity contribution in [3.05, 3.63) is 361 Å². The second-order valence-electron chi connectivity index (χ2n) is 24.5. The van der Waals surface area contributed by atoms with Gasteiger partial charge in [0, 0.05) is 94.9 Å². The molecule has 4 N–H and O–H groups in total. The van der Waals surface area contributed by atoms with Crippen LogP contribution in [-0.4, -0.2) is 52.0 Å². The summed E-state index contributed by atoms with van der Waals surface area (Å²) in [6.45, 7) is 1.01. The highest BCUT2D eigenvalue weighted by atomic mass is 15.1. The summed E-state index contributed by atoms with van der Waals surface area (Å²) in [6.07, 6.45) is 0. The van der Waals surface area contributed by atoms with Gasteiger partial charge in [-0.2, -0.15) is 0 Å². The van der Waals surface area contributed by atoms with Crippen LogP contribution in [0.5, 0.6) is 0 Å². The molecule has 0 bridgehead atoms. The molecule has 0 aliphatic heterocycles. The lowest BCUT2D eigenvalue weighted by Gasteiger charge is -2.13. The third-order valence-electron chi connectivity index (χ3n) is 18.3. The molecule has 0 aliphatic carbocycles. The van der Waals surface area contributed by atoms with E-state index in [1.165, 1.54) is 0 Å². The normalized spacial score (nSPS) is 12.2. The number of para-hydroxylation sites is 2.